The highest BCUT2D eigenvalue weighted by Crippen LogP contribution is 2.33. The summed E-state index contributed by atoms with van der Waals surface area (Å²) in [6.45, 7) is 3.43. The van der Waals surface area contributed by atoms with Crippen molar-refractivity contribution in [2.75, 3.05) is 30.9 Å². The van der Waals surface area contributed by atoms with E-state index in [2.05, 4.69) is 36.6 Å². The molecule has 1 unspecified atom stereocenters. The molecule has 1 aliphatic heterocycles. The first-order valence-electron chi connectivity index (χ1n) is 10.3. The number of nitrogens with zero attached hydrogens (tertiary/aromatic N) is 4. The summed E-state index contributed by atoms with van der Waals surface area (Å²) < 4.78 is 25.6. The molecule has 0 radical (unpaired) electrons. The lowest BCUT2D eigenvalue weighted by Crippen LogP contribution is -2.44. The van der Waals surface area contributed by atoms with E-state index in [1.54, 1.807) is 11.8 Å². The van der Waals surface area contributed by atoms with Crippen LogP contribution < -0.4 is 10.6 Å². The Balaban J connectivity index is 1.55. The number of rotatable bonds is 8. The summed E-state index contributed by atoms with van der Waals surface area (Å²) in [6, 6.07) is 0.497. The fourth-order valence-electron chi connectivity index (χ4n) is 4.00. The van der Waals surface area contributed by atoms with Crippen LogP contribution in [-0.2, 0) is 16.3 Å². The zero-order valence-corrected chi connectivity index (χ0v) is 18.5. The fourth-order valence-corrected chi connectivity index (χ4v) is 6.24. The van der Waals surface area contributed by atoms with Crippen LogP contribution in [0.2, 0.25) is 0 Å². The molecule has 10 heteroatoms. The zero-order valence-electron chi connectivity index (χ0n) is 16.9. The maximum absolute atomic E-state index is 11.6. The number of aromatic nitrogens is 3. The minimum absolute atomic E-state index is 0.0441. The summed E-state index contributed by atoms with van der Waals surface area (Å²) in [5.41, 5.74) is 0. The molecule has 0 bridgehead atoms. The van der Waals surface area contributed by atoms with Crippen molar-refractivity contribution in [2.24, 2.45) is 4.99 Å². The highest BCUT2D eigenvalue weighted by Gasteiger charge is 2.28. The van der Waals surface area contributed by atoms with Crippen molar-refractivity contribution in [1.82, 2.24) is 25.4 Å². The number of guanidine groups is 1. The first-order chi connectivity index (χ1) is 13.5. The Bertz CT molecular complexity index is 771. The molecule has 2 aliphatic rings. The molecule has 0 amide bonds. The van der Waals surface area contributed by atoms with Crippen LogP contribution in [0.3, 0.4) is 0 Å². The van der Waals surface area contributed by atoms with Crippen LogP contribution in [0.1, 0.15) is 57.3 Å². The van der Waals surface area contributed by atoms with Gasteiger partial charge in [-0.15, -0.1) is 10.2 Å². The van der Waals surface area contributed by atoms with Crippen LogP contribution in [0.15, 0.2) is 10.1 Å². The SMILES string of the molecule is CCNC(=NCCCc1nnc(SC)n1C1CCCC1)NC1CCS(=O)(=O)C1. The monoisotopic (exact) mass is 428 g/mol. The second-order valence-electron chi connectivity index (χ2n) is 7.52. The third-order valence-corrected chi connectivity index (χ3v) is 7.76. The lowest BCUT2D eigenvalue weighted by Gasteiger charge is -2.17. The second kappa shape index (κ2) is 9.96. The topological polar surface area (TPSA) is 101 Å². The summed E-state index contributed by atoms with van der Waals surface area (Å²) in [7, 11) is -2.90. The molecular formula is C18H32N6O2S2. The highest BCUT2D eigenvalue weighted by atomic mass is 32.2. The van der Waals surface area contributed by atoms with Crippen molar-refractivity contribution >= 4 is 27.6 Å². The molecule has 1 atom stereocenters. The molecule has 0 spiro atoms. The van der Waals surface area contributed by atoms with Gasteiger partial charge in [-0.05, 0) is 38.9 Å². The number of sulfone groups is 1. The summed E-state index contributed by atoms with van der Waals surface area (Å²) >= 11 is 1.66. The Kier molecular flexibility index (Phi) is 7.62. The summed E-state index contributed by atoms with van der Waals surface area (Å²) in [6.07, 6.45) is 9.45. The normalized spacial score (nSPS) is 22.6. The average Bonchev–Trinajstić information content (AvgIpc) is 3.38. The molecule has 1 aliphatic carbocycles. The molecule has 1 saturated carbocycles. The average molecular weight is 429 g/mol. The van der Waals surface area contributed by atoms with Crippen molar-refractivity contribution in [3.8, 4) is 0 Å². The molecule has 8 nitrogen and oxygen atoms in total. The van der Waals surface area contributed by atoms with E-state index in [0.717, 1.165) is 30.4 Å². The minimum atomic E-state index is -2.90. The lowest BCUT2D eigenvalue weighted by atomic mass is 10.2. The van der Waals surface area contributed by atoms with Crippen molar-refractivity contribution in [2.45, 2.75) is 69.1 Å². The van der Waals surface area contributed by atoms with Gasteiger partial charge in [0.1, 0.15) is 5.82 Å². The number of aliphatic imine (C=N–C) groups is 1. The predicted molar refractivity (Wildman–Crippen MR) is 114 cm³/mol. The van der Waals surface area contributed by atoms with Crippen LogP contribution >= 0.6 is 11.8 Å². The van der Waals surface area contributed by atoms with Gasteiger partial charge in [-0.3, -0.25) is 4.99 Å². The van der Waals surface area contributed by atoms with Crippen molar-refractivity contribution < 1.29 is 8.42 Å². The van der Waals surface area contributed by atoms with E-state index in [-0.39, 0.29) is 17.5 Å². The van der Waals surface area contributed by atoms with Crippen LogP contribution in [-0.4, -0.2) is 66.0 Å². The Morgan fingerprint density at radius 2 is 2.07 bits per heavy atom. The maximum atomic E-state index is 11.6. The minimum Gasteiger partial charge on any atom is -0.357 e. The Morgan fingerprint density at radius 3 is 2.71 bits per heavy atom. The van der Waals surface area contributed by atoms with Crippen LogP contribution in [0.5, 0.6) is 0 Å². The van der Waals surface area contributed by atoms with E-state index >= 15 is 0 Å². The number of hydrogen-bond acceptors (Lipinski definition) is 6. The fraction of sp³-hybridized carbons (Fsp3) is 0.833. The molecule has 3 rings (SSSR count). The lowest BCUT2D eigenvalue weighted by molar-refractivity contribution is 0.461. The van der Waals surface area contributed by atoms with Gasteiger partial charge in [0.2, 0.25) is 0 Å². The van der Waals surface area contributed by atoms with Crippen molar-refractivity contribution in [1.29, 1.82) is 0 Å². The third-order valence-electron chi connectivity index (χ3n) is 5.35. The summed E-state index contributed by atoms with van der Waals surface area (Å²) in [4.78, 5) is 4.63. The molecule has 28 heavy (non-hydrogen) atoms. The highest BCUT2D eigenvalue weighted by molar-refractivity contribution is 7.98. The van der Waals surface area contributed by atoms with E-state index in [9.17, 15) is 8.42 Å². The zero-order chi connectivity index (χ0) is 20.0. The molecule has 1 saturated heterocycles. The standard InChI is InChI=1S/C18H32N6O2S2/c1-3-19-17(21-14-10-12-28(25,26)13-14)20-11-6-9-16-22-23-18(27-2)24(16)15-7-4-5-8-15/h14-15H,3-13H2,1-2H3,(H2,19,20,21). The van der Waals surface area contributed by atoms with Gasteiger partial charge in [-0.1, -0.05) is 24.6 Å². The Morgan fingerprint density at radius 1 is 1.29 bits per heavy atom. The second-order valence-corrected chi connectivity index (χ2v) is 10.5. The van der Waals surface area contributed by atoms with Crippen LogP contribution in [0.4, 0.5) is 0 Å². The maximum Gasteiger partial charge on any atom is 0.191 e. The van der Waals surface area contributed by atoms with E-state index in [1.807, 2.05) is 6.92 Å². The van der Waals surface area contributed by atoms with Crippen molar-refractivity contribution in [3.05, 3.63) is 5.82 Å². The molecule has 1 aromatic heterocycles. The molecule has 0 aromatic carbocycles. The summed E-state index contributed by atoms with van der Waals surface area (Å²) in [5.74, 6) is 2.22. The largest absolute Gasteiger partial charge is 0.357 e. The van der Waals surface area contributed by atoms with Gasteiger partial charge in [0.25, 0.3) is 0 Å². The third kappa shape index (κ3) is 5.62. The number of thioether (sulfide) groups is 1. The number of aryl methyl sites for hydroxylation is 1. The van der Waals surface area contributed by atoms with Crippen LogP contribution in [0.25, 0.3) is 0 Å². The van der Waals surface area contributed by atoms with E-state index < -0.39 is 9.84 Å². The molecule has 2 heterocycles. The molecule has 158 valence electrons. The predicted octanol–water partition coefficient (Wildman–Crippen LogP) is 1.79. The van der Waals surface area contributed by atoms with Gasteiger partial charge in [-0.25, -0.2) is 8.42 Å². The van der Waals surface area contributed by atoms with E-state index in [0.29, 0.717) is 25.0 Å². The Hall–Kier alpha value is -1.29. The Labute approximate surface area is 172 Å². The van der Waals surface area contributed by atoms with Gasteiger partial charge < -0.3 is 15.2 Å². The van der Waals surface area contributed by atoms with Crippen molar-refractivity contribution in [3.63, 3.8) is 0 Å². The van der Waals surface area contributed by atoms with Gasteiger partial charge in [0.05, 0.1) is 11.5 Å². The van der Waals surface area contributed by atoms with E-state index in [4.69, 9.17) is 0 Å². The van der Waals surface area contributed by atoms with Gasteiger partial charge in [-0.2, -0.15) is 0 Å². The van der Waals surface area contributed by atoms with E-state index in [1.165, 1.54) is 25.7 Å². The quantitative estimate of drug-likeness (QED) is 0.282. The smallest absolute Gasteiger partial charge is 0.191 e. The summed E-state index contributed by atoms with van der Waals surface area (Å²) in [5, 5.41) is 16.3. The van der Waals surface area contributed by atoms with Gasteiger partial charge in [0, 0.05) is 31.6 Å². The van der Waals surface area contributed by atoms with Gasteiger partial charge >= 0.3 is 0 Å². The molecule has 2 N–H and O–H groups in total. The first-order valence-corrected chi connectivity index (χ1v) is 13.3. The number of hydrogen-bond donors (Lipinski definition) is 2. The van der Waals surface area contributed by atoms with Gasteiger partial charge in [0.15, 0.2) is 21.0 Å². The molecule has 1 aromatic rings. The number of nitrogens with one attached hydrogen (secondary N) is 2. The van der Waals surface area contributed by atoms with Crippen LogP contribution in [0, 0.1) is 0 Å². The molecular weight excluding hydrogens is 396 g/mol. The molecule has 2 fully saturated rings. The first kappa shape index (κ1) is 21.4.